The number of H-pyrrole nitrogens is 1. The number of carboxylic acid groups (broad SMARTS) is 1. The van der Waals surface area contributed by atoms with Crippen molar-refractivity contribution < 1.29 is 18.7 Å². The maximum atomic E-state index is 12.5. The number of nitrogens with one attached hydrogen (secondary N) is 1. The summed E-state index contributed by atoms with van der Waals surface area (Å²) in [4.78, 5) is 9.97. The molecule has 1 rings (SSSR count). The van der Waals surface area contributed by atoms with E-state index in [-0.39, 0.29) is 5.56 Å². The van der Waals surface area contributed by atoms with Crippen molar-refractivity contribution in [3.05, 3.63) is 18.0 Å². The number of hydrogen-bond acceptors (Lipinski definition) is 2. The fraction of sp³-hybridized carbons (Fsp3) is 0.333. The highest BCUT2D eigenvalue weighted by atomic mass is 19.3. The van der Waals surface area contributed by atoms with Crippen molar-refractivity contribution in [3.8, 4) is 0 Å². The summed E-state index contributed by atoms with van der Waals surface area (Å²) in [7, 11) is 0. The van der Waals surface area contributed by atoms with Crippen molar-refractivity contribution in [2.45, 2.75) is 12.3 Å². The van der Waals surface area contributed by atoms with Gasteiger partial charge in [-0.1, -0.05) is 0 Å². The highest BCUT2D eigenvalue weighted by Crippen LogP contribution is 2.19. The molecule has 6 heteroatoms. The summed E-state index contributed by atoms with van der Waals surface area (Å²) in [6, 6.07) is 0. The molecule has 0 unspecified atom stereocenters. The van der Waals surface area contributed by atoms with Gasteiger partial charge in [0.15, 0.2) is 0 Å². The minimum atomic E-state index is -3.72. The summed E-state index contributed by atoms with van der Waals surface area (Å²) < 4.78 is 24.9. The van der Waals surface area contributed by atoms with Crippen LogP contribution in [0.3, 0.4) is 0 Å². The predicted molar refractivity (Wildman–Crippen MR) is 34.9 cm³/mol. The van der Waals surface area contributed by atoms with E-state index in [9.17, 15) is 13.6 Å². The quantitative estimate of drug-likeness (QED) is 0.711. The van der Waals surface area contributed by atoms with Crippen LogP contribution in [0.4, 0.5) is 8.78 Å². The summed E-state index contributed by atoms with van der Waals surface area (Å²) in [6.07, 6.45) is 1.56. The Morgan fingerprint density at radius 1 is 1.75 bits per heavy atom. The third-order valence-corrected chi connectivity index (χ3v) is 1.29. The molecule has 0 aliphatic heterocycles. The number of hydrogen-bond donors (Lipinski definition) is 2. The zero-order chi connectivity index (χ0) is 9.19. The summed E-state index contributed by atoms with van der Waals surface area (Å²) >= 11 is 0. The van der Waals surface area contributed by atoms with Crippen LogP contribution in [0, 0.1) is 0 Å². The van der Waals surface area contributed by atoms with Gasteiger partial charge >= 0.3 is 11.9 Å². The van der Waals surface area contributed by atoms with E-state index in [1.54, 1.807) is 0 Å². The van der Waals surface area contributed by atoms with E-state index in [0.717, 1.165) is 6.20 Å². The number of alkyl halides is 2. The highest BCUT2D eigenvalue weighted by Gasteiger charge is 2.38. The number of aromatic amines is 1. The minimum absolute atomic E-state index is 0.169. The van der Waals surface area contributed by atoms with Gasteiger partial charge in [-0.3, -0.25) is 5.10 Å². The van der Waals surface area contributed by atoms with Gasteiger partial charge in [0.2, 0.25) is 0 Å². The Bertz CT molecular complexity index is 271. The Labute approximate surface area is 66.2 Å². The summed E-state index contributed by atoms with van der Waals surface area (Å²) in [6.45, 7) is 0. The highest BCUT2D eigenvalue weighted by molar-refractivity contribution is 5.75. The fourth-order valence-electron chi connectivity index (χ4n) is 0.706. The smallest absolute Gasteiger partial charge is 0.374 e. The number of aromatic nitrogens is 2. The van der Waals surface area contributed by atoms with Crippen LogP contribution in [0.25, 0.3) is 0 Å². The first-order valence-electron chi connectivity index (χ1n) is 3.11. The molecule has 0 fully saturated rings. The number of halogens is 2. The van der Waals surface area contributed by atoms with Gasteiger partial charge in [0.05, 0.1) is 12.6 Å². The zero-order valence-electron chi connectivity index (χ0n) is 5.92. The van der Waals surface area contributed by atoms with Gasteiger partial charge < -0.3 is 5.11 Å². The Kier molecular flexibility index (Phi) is 2.07. The standard InChI is InChI=1S/C6H6F2N2O2/c7-6(8,5(11)12)1-4-2-9-10-3-4/h2-3H,1H2,(H,9,10)(H,11,12). The second-order valence-corrected chi connectivity index (χ2v) is 2.29. The van der Waals surface area contributed by atoms with E-state index in [2.05, 4.69) is 10.2 Å². The lowest BCUT2D eigenvalue weighted by atomic mass is 10.1. The van der Waals surface area contributed by atoms with Crippen molar-refractivity contribution >= 4 is 5.97 Å². The Hall–Kier alpha value is -1.46. The van der Waals surface area contributed by atoms with E-state index in [1.165, 1.54) is 6.20 Å². The predicted octanol–water partition coefficient (Wildman–Crippen LogP) is 0.672. The first-order valence-corrected chi connectivity index (χ1v) is 3.11. The van der Waals surface area contributed by atoms with Gasteiger partial charge in [0.25, 0.3) is 0 Å². The fourth-order valence-corrected chi connectivity index (χ4v) is 0.706. The van der Waals surface area contributed by atoms with Crippen LogP contribution in [0.15, 0.2) is 12.4 Å². The molecule has 4 nitrogen and oxygen atoms in total. The van der Waals surface area contributed by atoms with Crippen LogP contribution in [0.2, 0.25) is 0 Å². The molecule has 0 saturated heterocycles. The van der Waals surface area contributed by atoms with Crippen LogP contribution in [-0.4, -0.2) is 27.2 Å². The number of nitrogens with zero attached hydrogens (tertiary/aromatic N) is 1. The van der Waals surface area contributed by atoms with Crippen molar-refractivity contribution in [2.75, 3.05) is 0 Å². The number of carboxylic acids is 1. The molecule has 0 aliphatic carbocycles. The van der Waals surface area contributed by atoms with Gasteiger partial charge in [-0.15, -0.1) is 0 Å². The molecule has 0 radical (unpaired) electrons. The van der Waals surface area contributed by atoms with E-state index in [4.69, 9.17) is 5.11 Å². The molecule has 0 aliphatic rings. The lowest BCUT2D eigenvalue weighted by Crippen LogP contribution is -2.30. The molecule has 0 saturated carbocycles. The van der Waals surface area contributed by atoms with E-state index < -0.39 is 18.3 Å². The zero-order valence-corrected chi connectivity index (χ0v) is 5.92. The SMILES string of the molecule is O=C(O)C(F)(F)Cc1cn[nH]c1. The molecule has 66 valence electrons. The van der Waals surface area contributed by atoms with Gasteiger partial charge in [0.1, 0.15) is 0 Å². The van der Waals surface area contributed by atoms with Crippen LogP contribution < -0.4 is 0 Å². The lowest BCUT2D eigenvalue weighted by Gasteiger charge is -2.08. The summed E-state index contributed by atoms with van der Waals surface area (Å²) in [5.41, 5.74) is 0.169. The molecule has 1 aromatic rings. The van der Waals surface area contributed by atoms with E-state index >= 15 is 0 Å². The van der Waals surface area contributed by atoms with Gasteiger partial charge in [-0.05, 0) is 5.56 Å². The molecule has 0 spiro atoms. The second-order valence-electron chi connectivity index (χ2n) is 2.29. The van der Waals surface area contributed by atoms with Gasteiger partial charge in [-0.25, -0.2) is 4.79 Å². The van der Waals surface area contributed by atoms with Gasteiger partial charge in [-0.2, -0.15) is 13.9 Å². The molecule has 0 bridgehead atoms. The van der Waals surface area contributed by atoms with Crippen molar-refractivity contribution in [2.24, 2.45) is 0 Å². The van der Waals surface area contributed by atoms with Crippen LogP contribution >= 0.6 is 0 Å². The summed E-state index contributed by atoms with van der Waals surface area (Å²) in [5.74, 6) is -5.84. The van der Waals surface area contributed by atoms with Crippen LogP contribution in [0.5, 0.6) is 0 Å². The number of rotatable bonds is 3. The van der Waals surface area contributed by atoms with Crippen LogP contribution in [0.1, 0.15) is 5.56 Å². The monoisotopic (exact) mass is 176 g/mol. The van der Waals surface area contributed by atoms with Crippen molar-refractivity contribution in [1.29, 1.82) is 0 Å². The van der Waals surface area contributed by atoms with Gasteiger partial charge in [0, 0.05) is 6.20 Å². The first-order chi connectivity index (χ1) is 5.52. The maximum absolute atomic E-state index is 12.5. The Balaban J connectivity index is 2.69. The third kappa shape index (κ3) is 1.77. The maximum Gasteiger partial charge on any atom is 0.374 e. The number of carbonyl (C=O) groups is 1. The molecular weight excluding hydrogens is 170 g/mol. The largest absolute Gasteiger partial charge is 0.477 e. The first kappa shape index (κ1) is 8.63. The van der Waals surface area contributed by atoms with Crippen molar-refractivity contribution in [1.82, 2.24) is 10.2 Å². The molecular formula is C6H6F2N2O2. The minimum Gasteiger partial charge on any atom is -0.477 e. The molecule has 0 atom stereocenters. The Morgan fingerprint density at radius 2 is 2.42 bits per heavy atom. The average molecular weight is 176 g/mol. The van der Waals surface area contributed by atoms with Crippen LogP contribution in [-0.2, 0) is 11.2 Å². The number of aliphatic carboxylic acids is 1. The molecule has 1 heterocycles. The second kappa shape index (κ2) is 2.88. The van der Waals surface area contributed by atoms with E-state index in [1.807, 2.05) is 0 Å². The average Bonchev–Trinajstić information content (AvgIpc) is 2.38. The lowest BCUT2D eigenvalue weighted by molar-refractivity contribution is -0.164. The molecule has 2 N–H and O–H groups in total. The topological polar surface area (TPSA) is 66.0 Å². The molecule has 0 aromatic carbocycles. The van der Waals surface area contributed by atoms with E-state index in [0.29, 0.717) is 0 Å². The normalized spacial score (nSPS) is 11.5. The summed E-state index contributed by atoms with van der Waals surface area (Å²) in [5, 5.41) is 13.8. The molecule has 0 amide bonds. The molecule has 1 aromatic heterocycles. The third-order valence-electron chi connectivity index (χ3n) is 1.29. The van der Waals surface area contributed by atoms with Crippen molar-refractivity contribution in [3.63, 3.8) is 0 Å². The molecule has 12 heavy (non-hydrogen) atoms. The Morgan fingerprint density at radius 3 is 2.83 bits per heavy atom.